The number of hydrogen-bond donors (Lipinski definition) is 1. The molecular formula is C18H28N2O. The quantitative estimate of drug-likeness (QED) is 0.924. The molecule has 0 saturated heterocycles. The number of carbonyl (C=O) groups excluding carboxylic acids is 1. The molecule has 1 aromatic rings. The zero-order chi connectivity index (χ0) is 15.5. The lowest BCUT2D eigenvalue weighted by atomic mass is 9.68. The highest BCUT2D eigenvalue weighted by atomic mass is 16.2. The number of carbonyl (C=O) groups is 1. The van der Waals surface area contributed by atoms with Crippen LogP contribution in [0.3, 0.4) is 0 Å². The van der Waals surface area contributed by atoms with Gasteiger partial charge in [0.05, 0.1) is 0 Å². The average molecular weight is 288 g/mol. The Hall–Kier alpha value is -1.35. The van der Waals surface area contributed by atoms with Crippen molar-refractivity contribution in [3.63, 3.8) is 0 Å². The van der Waals surface area contributed by atoms with Crippen LogP contribution in [0.25, 0.3) is 0 Å². The molecule has 0 bridgehead atoms. The van der Waals surface area contributed by atoms with Gasteiger partial charge in [0.25, 0.3) is 0 Å². The maximum absolute atomic E-state index is 12.7. The van der Waals surface area contributed by atoms with Gasteiger partial charge >= 0.3 is 0 Å². The Morgan fingerprint density at radius 3 is 2.43 bits per heavy atom. The summed E-state index contributed by atoms with van der Waals surface area (Å²) < 4.78 is 0. The molecule has 2 rings (SSSR count). The normalized spacial score (nSPS) is 21.0. The first-order valence-corrected chi connectivity index (χ1v) is 7.97. The van der Waals surface area contributed by atoms with Crippen LogP contribution >= 0.6 is 0 Å². The number of hydrogen-bond acceptors (Lipinski definition) is 2. The van der Waals surface area contributed by atoms with Crippen LogP contribution in [0, 0.1) is 11.3 Å². The fourth-order valence-corrected chi connectivity index (χ4v) is 3.35. The molecule has 1 saturated carbocycles. The molecule has 0 heterocycles. The number of nitrogens with two attached hydrogens (primary N) is 1. The van der Waals surface area contributed by atoms with Gasteiger partial charge in [-0.1, -0.05) is 51.0 Å². The maximum Gasteiger partial charge on any atom is 0.226 e. The second-order valence-corrected chi connectivity index (χ2v) is 7.00. The summed E-state index contributed by atoms with van der Waals surface area (Å²) in [6.45, 7) is 5.71. The van der Waals surface area contributed by atoms with Crippen molar-refractivity contribution in [1.29, 1.82) is 0 Å². The van der Waals surface area contributed by atoms with Crippen LogP contribution in [-0.4, -0.2) is 17.9 Å². The molecule has 1 aliphatic rings. The van der Waals surface area contributed by atoms with Gasteiger partial charge in [0.2, 0.25) is 5.91 Å². The fraction of sp³-hybridized carbons (Fsp3) is 0.611. The van der Waals surface area contributed by atoms with Crippen molar-refractivity contribution in [3.8, 4) is 0 Å². The van der Waals surface area contributed by atoms with E-state index in [0.29, 0.717) is 19.0 Å². The van der Waals surface area contributed by atoms with E-state index in [9.17, 15) is 4.79 Å². The lowest BCUT2D eigenvalue weighted by Gasteiger charge is -2.39. The minimum atomic E-state index is 0.132. The van der Waals surface area contributed by atoms with Crippen molar-refractivity contribution >= 4 is 5.91 Å². The topological polar surface area (TPSA) is 46.3 Å². The highest BCUT2D eigenvalue weighted by molar-refractivity contribution is 5.79. The monoisotopic (exact) mass is 288 g/mol. The summed E-state index contributed by atoms with van der Waals surface area (Å²) in [6, 6.07) is 8.21. The van der Waals surface area contributed by atoms with Crippen LogP contribution in [0.1, 0.15) is 50.7 Å². The molecule has 1 unspecified atom stereocenters. The molecule has 116 valence electrons. The van der Waals surface area contributed by atoms with Gasteiger partial charge in [-0.25, -0.2) is 0 Å². The van der Waals surface area contributed by atoms with E-state index in [1.54, 1.807) is 0 Å². The van der Waals surface area contributed by atoms with E-state index in [0.717, 1.165) is 24.0 Å². The molecule has 1 aliphatic carbocycles. The Kier molecular flexibility index (Phi) is 5.04. The Bertz CT molecular complexity index is 478. The molecule has 3 nitrogen and oxygen atoms in total. The van der Waals surface area contributed by atoms with E-state index in [2.05, 4.69) is 26.0 Å². The van der Waals surface area contributed by atoms with Crippen LogP contribution in [0.2, 0.25) is 0 Å². The van der Waals surface area contributed by atoms with E-state index in [1.165, 1.54) is 12.8 Å². The van der Waals surface area contributed by atoms with Crippen molar-refractivity contribution < 1.29 is 4.79 Å². The number of rotatable bonds is 4. The SMILES string of the molecule is CN(Cc1ccc(CN)cc1)C(=O)C1CCCCC1(C)C. The van der Waals surface area contributed by atoms with Gasteiger partial charge < -0.3 is 10.6 Å². The summed E-state index contributed by atoms with van der Waals surface area (Å²) in [7, 11) is 1.92. The molecule has 1 fully saturated rings. The van der Waals surface area contributed by atoms with Crippen molar-refractivity contribution in [1.82, 2.24) is 4.90 Å². The van der Waals surface area contributed by atoms with Crippen molar-refractivity contribution in [2.75, 3.05) is 7.05 Å². The number of nitrogens with zero attached hydrogens (tertiary/aromatic N) is 1. The van der Waals surface area contributed by atoms with Gasteiger partial charge in [-0.2, -0.15) is 0 Å². The van der Waals surface area contributed by atoms with Gasteiger partial charge in [-0.3, -0.25) is 4.79 Å². The zero-order valence-corrected chi connectivity index (χ0v) is 13.6. The van der Waals surface area contributed by atoms with Crippen molar-refractivity contribution in [2.24, 2.45) is 17.1 Å². The predicted octanol–water partition coefficient (Wildman–Crippen LogP) is 3.32. The van der Waals surface area contributed by atoms with Crippen LogP contribution in [0.4, 0.5) is 0 Å². The van der Waals surface area contributed by atoms with E-state index in [-0.39, 0.29) is 11.3 Å². The first-order chi connectivity index (χ1) is 9.94. The standard InChI is InChI=1S/C18H28N2O/c1-18(2)11-5-4-6-16(18)17(21)20(3)13-15-9-7-14(12-19)8-10-15/h7-10,16H,4-6,11-13,19H2,1-3H3. The third-order valence-electron chi connectivity index (χ3n) is 4.86. The highest BCUT2D eigenvalue weighted by Crippen LogP contribution is 2.41. The summed E-state index contributed by atoms with van der Waals surface area (Å²) in [6.07, 6.45) is 4.62. The molecule has 2 N–H and O–H groups in total. The second kappa shape index (κ2) is 6.61. The minimum Gasteiger partial charge on any atom is -0.341 e. The summed E-state index contributed by atoms with van der Waals surface area (Å²) in [5.41, 5.74) is 8.03. The molecule has 21 heavy (non-hydrogen) atoms. The predicted molar refractivity (Wildman–Crippen MR) is 86.5 cm³/mol. The highest BCUT2D eigenvalue weighted by Gasteiger charge is 2.38. The first-order valence-electron chi connectivity index (χ1n) is 7.97. The first kappa shape index (κ1) is 16.0. The smallest absolute Gasteiger partial charge is 0.226 e. The molecule has 0 radical (unpaired) electrons. The summed E-state index contributed by atoms with van der Waals surface area (Å²) in [5.74, 6) is 0.460. The Morgan fingerprint density at radius 1 is 1.24 bits per heavy atom. The molecule has 0 spiro atoms. The van der Waals surface area contributed by atoms with Gasteiger partial charge in [0.15, 0.2) is 0 Å². The van der Waals surface area contributed by atoms with E-state index in [1.807, 2.05) is 24.1 Å². The number of amides is 1. The lowest BCUT2D eigenvalue weighted by Crippen LogP contribution is -2.41. The summed E-state index contributed by atoms with van der Waals surface area (Å²) in [5, 5.41) is 0. The van der Waals surface area contributed by atoms with Crippen molar-refractivity contribution in [3.05, 3.63) is 35.4 Å². The van der Waals surface area contributed by atoms with Gasteiger partial charge in [0.1, 0.15) is 0 Å². The van der Waals surface area contributed by atoms with E-state index in [4.69, 9.17) is 5.73 Å². The molecular weight excluding hydrogens is 260 g/mol. The van der Waals surface area contributed by atoms with E-state index < -0.39 is 0 Å². The molecule has 3 heteroatoms. The van der Waals surface area contributed by atoms with Gasteiger partial charge in [-0.05, 0) is 29.4 Å². The Balaban J connectivity index is 2.01. The molecule has 0 aliphatic heterocycles. The van der Waals surface area contributed by atoms with Crippen LogP contribution in [0.15, 0.2) is 24.3 Å². The molecule has 0 aromatic heterocycles. The lowest BCUT2D eigenvalue weighted by molar-refractivity contribution is -0.140. The van der Waals surface area contributed by atoms with Crippen LogP contribution in [-0.2, 0) is 17.9 Å². The van der Waals surface area contributed by atoms with Crippen LogP contribution < -0.4 is 5.73 Å². The second-order valence-electron chi connectivity index (χ2n) is 7.00. The fourth-order valence-electron chi connectivity index (χ4n) is 3.35. The van der Waals surface area contributed by atoms with Crippen LogP contribution in [0.5, 0.6) is 0 Å². The molecule has 1 aromatic carbocycles. The zero-order valence-electron chi connectivity index (χ0n) is 13.6. The van der Waals surface area contributed by atoms with E-state index >= 15 is 0 Å². The van der Waals surface area contributed by atoms with Gasteiger partial charge in [-0.15, -0.1) is 0 Å². The Morgan fingerprint density at radius 2 is 1.86 bits per heavy atom. The third kappa shape index (κ3) is 3.85. The van der Waals surface area contributed by atoms with Gasteiger partial charge in [0, 0.05) is 26.1 Å². The minimum absolute atomic E-state index is 0.132. The molecule has 1 amide bonds. The maximum atomic E-state index is 12.7. The molecule has 1 atom stereocenters. The number of benzene rings is 1. The average Bonchev–Trinajstić information content (AvgIpc) is 2.47. The summed E-state index contributed by atoms with van der Waals surface area (Å²) in [4.78, 5) is 14.6. The van der Waals surface area contributed by atoms with Crippen molar-refractivity contribution in [2.45, 2.75) is 52.6 Å². The summed E-state index contributed by atoms with van der Waals surface area (Å²) >= 11 is 0. The third-order valence-corrected chi connectivity index (χ3v) is 4.86. The Labute approximate surface area is 128 Å². The largest absolute Gasteiger partial charge is 0.341 e.